The van der Waals surface area contributed by atoms with Crippen LogP contribution in [0, 0.1) is 0 Å². The zero-order valence-corrected chi connectivity index (χ0v) is 9.05. The van der Waals surface area contributed by atoms with Gasteiger partial charge in [0.25, 0.3) is 0 Å². The third-order valence-electron chi connectivity index (χ3n) is 2.40. The molecule has 2 rings (SSSR count). The smallest absolute Gasteiger partial charge is 0.242 e. The lowest BCUT2D eigenvalue weighted by molar-refractivity contribution is 0.285. The van der Waals surface area contributed by atoms with Gasteiger partial charge in [-0.3, -0.25) is 4.99 Å². The molecule has 1 atom stereocenters. The van der Waals surface area contributed by atoms with Gasteiger partial charge in [-0.1, -0.05) is 25.0 Å². The summed E-state index contributed by atoms with van der Waals surface area (Å²) in [5.74, 6) is 3.06. The van der Waals surface area contributed by atoms with Crippen molar-refractivity contribution in [1.29, 1.82) is 0 Å². The largest absolute Gasteiger partial charge is 0.476 e. The van der Waals surface area contributed by atoms with Gasteiger partial charge in [-0.15, -0.1) is 5.98 Å². The fourth-order valence-electron chi connectivity index (χ4n) is 1.64. The van der Waals surface area contributed by atoms with Crippen molar-refractivity contribution in [3.05, 3.63) is 41.9 Å². The van der Waals surface area contributed by atoms with E-state index in [0.717, 1.165) is 5.75 Å². The fourth-order valence-corrected chi connectivity index (χ4v) is 1.64. The second-order valence-electron chi connectivity index (χ2n) is 3.87. The summed E-state index contributed by atoms with van der Waals surface area (Å²) in [7, 11) is 0. The Morgan fingerprint density at radius 3 is 2.67 bits per heavy atom. The van der Waals surface area contributed by atoms with Crippen molar-refractivity contribution in [2.45, 2.75) is 19.9 Å². The van der Waals surface area contributed by atoms with Gasteiger partial charge in [0.05, 0.1) is 0 Å². The average Bonchev–Trinajstić information content (AvgIpc) is 2.24. The van der Waals surface area contributed by atoms with Gasteiger partial charge in [-0.05, 0) is 24.6 Å². The van der Waals surface area contributed by atoms with Crippen molar-refractivity contribution in [1.82, 2.24) is 0 Å². The molecule has 0 saturated carbocycles. The van der Waals surface area contributed by atoms with Gasteiger partial charge in [0.2, 0.25) is 6.71 Å². The molecular formula is C12H14BNO. The highest BCUT2D eigenvalue weighted by Gasteiger charge is 2.22. The minimum atomic E-state index is -0.0869. The standard InChI is InChI=1S/C12H14BNO/c1-10-8-13(2)12(14-9-10)15-11-6-4-3-5-7-11/h3-9,12H,1-2H3. The highest BCUT2D eigenvalue weighted by molar-refractivity contribution is 6.65. The van der Waals surface area contributed by atoms with Crippen LogP contribution in [-0.2, 0) is 0 Å². The first kappa shape index (κ1) is 10.0. The van der Waals surface area contributed by atoms with Gasteiger partial charge in [-0.2, -0.15) is 0 Å². The molecule has 1 aliphatic heterocycles. The molecule has 76 valence electrons. The summed E-state index contributed by atoms with van der Waals surface area (Å²) < 4.78 is 5.77. The maximum Gasteiger partial charge on any atom is 0.242 e. The van der Waals surface area contributed by atoms with E-state index in [0.29, 0.717) is 6.71 Å². The molecule has 0 saturated heterocycles. The summed E-state index contributed by atoms with van der Waals surface area (Å²) in [6.07, 6.45) is 1.78. The number of para-hydroxylation sites is 1. The van der Waals surface area contributed by atoms with Crippen LogP contribution in [0.15, 0.2) is 46.9 Å². The minimum absolute atomic E-state index is 0.0869. The predicted octanol–water partition coefficient (Wildman–Crippen LogP) is 2.63. The highest BCUT2D eigenvalue weighted by atomic mass is 16.5. The Bertz CT molecular complexity index is 386. The lowest BCUT2D eigenvalue weighted by Crippen LogP contribution is -2.33. The molecule has 0 fully saturated rings. The van der Waals surface area contributed by atoms with Crippen molar-refractivity contribution in [2.75, 3.05) is 0 Å². The van der Waals surface area contributed by atoms with Gasteiger partial charge in [0.15, 0.2) is 6.13 Å². The Balaban J connectivity index is 2.06. The second-order valence-corrected chi connectivity index (χ2v) is 3.87. The topological polar surface area (TPSA) is 21.6 Å². The van der Waals surface area contributed by atoms with Crippen LogP contribution in [0.3, 0.4) is 0 Å². The quantitative estimate of drug-likeness (QED) is 0.671. The molecule has 2 nitrogen and oxygen atoms in total. The third kappa shape index (κ3) is 2.49. The lowest BCUT2D eigenvalue weighted by atomic mass is 9.49. The van der Waals surface area contributed by atoms with Gasteiger partial charge in [0, 0.05) is 6.21 Å². The average molecular weight is 199 g/mol. The monoisotopic (exact) mass is 199 g/mol. The molecule has 0 N–H and O–H groups in total. The summed E-state index contributed by atoms with van der Waals surface area (Å²) in [5, 5.41) is 0. The summed E-state index contributed by atoms with van der Waals surface area (Å²) in [5.41, 5.74) is 1.20. The van der Waals surface area contributed by atoms with Gasteiger partial charge >= 0.3 is 0 Å². The summed E-state index contributed by atoms with van der Waals surface area (Å²) in [6.45, 7) is 4.50. The first-order valence-electron chi connectivity index (χ1n) is 5.19. The van der Waals surface area contributed by atoms with Gasteiger partial charge in [-0.25, -0.2) is 0 Å². The first-order valence-corrected chi connectivity index (χ1v) is 5.19. The van der Waals surface area contributed by atoms with Crippen LogP contribution in [0.1, 0.15) is 6.92 Å². The van der Waals surface area contributed by atoms with Crippen molar-refractivity contribution >= 4 is 12.9 Å². The Hall–Kier alpha value is -1.51. The fraction of sp³-hybridized carbons (Fsp3) is 0.250. The van der Waals surface area contributed by atoms with E-state index in [1.165, 1.54) is 5.57 Å². The number of hydrogen-bond acceptors (Lipinski definition) is 2. The summed E-state index contributed by atoms with van der Waals surface area (Å²) >= 11 is 0. The molecular weight excluding hydrogens is 185 g/mol. The van der Waals surface area contributed by atoms with Crippen molar-refractivity contribution in [3.63, 3.8) is 0 Å². The number of aliphatic imine (C=N–C) groups is 1. The summed E-state index contributed by atoms with van der Waals surface area (Å²) in [6, 6.07) is 9.81. The van der Waals surface area contributed by atoms with E-state index in [2.05, 4.69) is 24.7 Å². The molecule has 3 heteroatoms. The Labute approximate surface area is 90.8 Å². The van der Waals surface area contributed by atoms with E-state index in [4.69, 9.17) is 4.74 Å². The lowest BCUT2D eigenvalue weighted by Gasteiger charge is -2.20. The summed E-state index contributed by atoms with van der Waals surface area (Å²) in [4.78, 5) is 4.37. The Morgan fingerprint density at radius 1 is 1.27 bits per heavy atom. The van der Waals surface area contributed by atoms with E-state index >= 15 is 0 Å². The van der Waals surface area contributed by atoms with E-state index in [1.807, 2.05) is 36.5 Å². The van der Waals surface area contributed by atoms with Crippen LogP contribution < -0.4 is 4.74 Å². The zero-order chi connectivity index (χ0) is 10.7. The number of hydrogen-bond donors (Lipinski definition) is 0. The Kier molecular flexibility index (Phi) is 2.90. The van der Waals surface area contributed by atoms with Crippen LogP contribution in [0.5, 0.6) is 5.75 Å². The number of benzene rings is 1. The predicted molar refractivity (Wildman–Crippen MR) is 64.7 cm³/mol. The van der Waals surface area contributed by atoms with E-state index < -0.39 is 0 Å². The molecule has 1 heterocycles. The maximum absolute atomic E-state index is 5.77. The molecule has 1 aromatic carbocycles. The molecule has 1 aliphatic rings. The van der Waals surface area contributed by atoms with Crippen molar-refractivity contribution in [3.8, 4) is 5.75 Å². The molecule has 1 unspecified atom stereocenters. The maximum atomic E-state index is 5.77. The van der Waals surface area contributed by atoms with Crippen LogP contribution in [0.4, 0.5) is 0 Å². The zero-order valence-electron chi connectivity index (χ0n) is 9.05. The molecule has 0 amide bonds. The van der Waals surface area contributed by atoms with Crippen LogP contribution in [0.2, 0.25) is 6.82 Å². The second kappa shape index (κ2) is 4.34. The SMILES string of the molecule is CB1C=C(C)C=NC1Oc1ccccc1. The normalized spacial score (nSPS) is 20.0. The van der Waals surface area contributed by atoms with E-state index in [1.54, 1.807) is 0 Å². The van der Waals surface area contributed by atoms with Gasteiger partial charge < -0.3 is 4.74 Å². The van der Waals surface area contributed by atoms with Crippen LogP contribution >= 0.6 is 0 Å². The van der Waals surface area contributed by atoms with Crippen molar-refractivity contribution < 1.29 is 4.74 Å². The number of ether oxygens (including phenoxy) is 1. The van der Waals surface area contributed by atoms with Gasteiger partial charge in [0.1, 0.15) is 5.75 Å². The number of allylic oxidation sites excluding steroid dienone is 1. The molecule has 0 spiro atoms. The Morgan fingerprint density at radius 2 is 2.00 bits per heavy atom. The molecule has 0 radical (unpaired) electrons. The van der Waals surface area contributed by atoms with Crippen LogP contribution in [-0.4, -0.2) is 19.1 Å². The molecule has 0 bridgehead atoms. The molecule has 0 aromatic heterocycles. The van der Waals surface area contributed by atoms with E-state index in [9.17, 15) is 0 Å². The minimum Gasteiger partial charge on any atom is -0.476 e. The highest BCUT2D eigenvalue weighted by Crippen LogP contribution is 2.15. The molecule has 1 aromatic rings. The van der Waals surface area contributed by atoms with Crippen molar-refractivity contribution in [2.24, 2.45) is 4.99 Å². The first-order chi connectivity index (χ1) is 7.25. The number of rotatable bonds is 2. The molecule has 0 aliphatic carbocycles. The molecule has 15 heavy (non-hydrogen) atoms. The van der Waals surface area contributed by atoms with Crippen LogP contribution in [0.25, 0.3) is 0 Å². The third-order valence-corrected chi connectivity index (χ3v) is 2.40. The van der Waals surface area contributed by atoms with E-state index in [-0.39, 0.29) is 6.13 Å². The number of nitrogens with zero attached hydrogens (tertiary/aromatic N) is 1.